The van der Waals surface area contributed by atoms with E-state index in [4.69, 9.17) is 11.5 Å². The van der Waals surface area contributed by atoms with Crippen molar-refractivity contribution in [1.82, 2.24) is 4.90 Å². The Bertz CT molecular complexity index is 419. The zero-order chi connectivity index (χ0) is 13.0. The molecule has 4 N–H and O–H groups in total. The van der Waals surface area contributed by atoms with E-state index in [-0.39, 0.29) is 11.9 Å². The largest absolute Gasteiger partial charge is 0.368 e. The molecule has 0 bridgehead atoms. The highest BCUT2D eigenvalue weighted by atomic mass is 16.1. The van der Waals surface area contributed by atoms with Gasteiger partial charge in [-0.1, -0.05) is 30.7 Å². The Labute approximate surface area is 108 Å². The Morgan fingerprint density at radius 1 is 1.33 bits per heavy atom. The van der Waals surface area contributed by atoms with E-state index < -0.39 is 0 Å². The molecule has 4 heteroatoms. The van der Waals surface area contributed by atoms with Crippen LogP contribution in [0.15, 0.2) is 24.3 Å². The summed E-state index contributed by atoms with van der Waals surface area (Å²) < 4.78 is 0. The third kappa shape index (κ3) is 3.09. The van der Waals surface area contributed by atoms with Gasteiger partial charge in [-0.15, -0.1) is 0 Å². The number of nitrogens with two attached hydrogens (primary N) is 2. The van der Waals surface area contributed by atoms with E-state index in [1.54, 1.807) is 0 Å². The molecular weight excluding hydrogens is 226 g/mol. The first kappa shape index (κ1) is 13.1. The molecule has 1 amide bonds. The summed E-state index contributed by atoms with van der Waals surface area (Å²) in [4.78, 5) is 13.6. The van der Waals surface area contributed by atoms with Crippen LogP contribution >= 0.6 is 0 Å². The molecule has 1 atom stereocenters. The molecule has 2 rings (SSSR count). The number of amides is 1. The van der Waals surface area contributed by atoms with E-state index in [9.17, 15) is 4.79 Å². The van der Waals surface area contributed by atoms with Gasteiger partial charge in [0.15, 0.2) is 0 Å². The highest BCUT2D eigenvalue weighted by molar-refractivity contribution is 5.79. The maximum atomic E-state index is 11.4. The SMILES string of the molecule is NCc1cccc(CN2CCCCC2C(N)=O)c1. The van der Waals surface area contributed by atoms with E-state index >= 15 is 0 Å². The van der Waals surface area contributed by atoms with Crippen LogP contribution in [0.25, 0.3) is 0 Å². The summed E-state index contributed by atoms with van der Waals surface area (Å²) in [6.45, 7) is 2.27. The van der Waals surface area contributed by atoms with Crippen LogP contribution in [-0.2, 0) is 17.9 Å². The third-order valence-corrected chi connectivity index (χ3v) is 3.55. The molecule has 1 aliphatic heterocycles. The zero-order valence-corrected chi connectivity index (χ0v) is 10.6. The summed E-state index contributed by atoms with van der Waals surface area (Å²) in [5, 5.41) is 0. The topological polar surface area (TPSA) is 72.3 Å². The van der Waals surface area contributed by atoms with Crippen molar-refractivity contribution < 1.29 is 4.79 Å². The van der Waals surface area contributed by atoms with Gasteiger partial charge in [-0.25, -0.2) is 0 Å². The fourth-order valence-electron chi connectivity index (χ4n) is 2.59. The minimum absolute atomic E-state index is 0.111. The molecule has 1 aromatic rings. The van der Waals surface area contributed by atoms with Crippen LogP contribution in [0.3, 0.4) is 0 Å². The predicted molar refractivity (Wildman–Crippen MR) is 71.6 cm³/mol. The molecule has 0 radical (unpaired) electrons. The summed E-state index contributed by atoms with van der Waals surface area (Å²) in [5.74, 6) is -0.204. The van der Waals surface area contributed by atoms with Gasteiger partial charge < -0.3 is 11.5 Å². The van der Waals surface area contributed by atoms with Gasteiger partial charge in [-0.2, -0.15) is 0 Å². The van der Waals surface area contributed by atoms with Crippen molar-refractivity contribution in [3.8, 4) is 0 Å². The Balaban J connectivity index is 2.08. The summed E-state index contributed by atoms with van der Waals surface area (Å²) in [5.41, 5.74) is 13.4. The number of hydrogen-bond donors (Lipinski definition) is 2. The highest BCUT2D eigenvalue weighted by Crippen LogP contribution is 2.19. The first-order valence-electron chi connectivity index (χ1n) is 6.52. The Hall–Kier alpha value is -1.39. The normalized spacial score (nSPS) is 20.8. The number of piperidine rings is 1. The minimum Gasteiger partial charge on any atom is -0.368 e. The number of benzene rings is 1. The number of carbonyl (C=O) groups is 1. The standard InChI is InChI=1S/C14H21N3O/c15-9-11-4-3-5-12(8-11)10-17-7-2-1-6-13(17)14(16)18/h3-5,8,13H,1-2,6-7,9-10,15H2,(H2,16,18). The first-order valence-corrected chi connectivity index (χ1v) is 6.52. The van der Waals surface area contributed by atoms with E-state index in [2.05, 4.69) is 17.0 Å². The molecule has 0 spiro atoms. The fourth-order valence-corrected chi connectivity index (χ4v) is 2.59. The molecule has 1 heterocycles. The van der Waals surface area contributed by atoms with Gasteiger partial charge in [0.2, 0.25) is 5.91 Å². The van der Waals surface area contributed by atoms with Crippen molar-refractivity contribution >= 4 is 5.91 Å². The van der Waals surface area contributed by atoms with Gasteiger partial charge >= 0.3 is 0 Å². The van der Waals surface area contributed by atoms with E-state index in [0.29, 0.717) is 6.54 Å². The number of carbonyl (C=O) groups excluding carboxylic acids is 1. The van der Waals surface area contributed by atoms with Crippen molar-refractivity contribution in [3.05, 3.63) is 35.4 Å². The second-order valence-electron chi connectivity index (χ2n) is 4.91. The van der Waals surface area contributed by atoms with Crippen LogP contribution in [0.1, 0.15) is 30.4 Å². The quantitative estimate of drug-likeness (QED) is 0.833. The van der Waals surface area contributed by atoms with E-state index in [0.717, 1.165) is 37.9 Å². The molecule has 0 aliphatic carbocycles. The van der Waals surface area contributed by atoms with Crippen LogP contribution in [-0.4, -0.2) is 23.4 Å². The Morgan fingerprint density at radius 3 is 2.83 bits per heavy atom. The van der Waals surface area contributed by atoms with Gasteiger partial charge in [-0.3, -0.25) is 9.69 Å². The van der Waals surface area contributed by atoms with E-state index in [1.165, 1.54) is 5.56 Å². The lowest BCUT2D eigenvalue weighted by atomic mass is 10.0. The minimum atomic E-state index is -0.204. The second kappa shape index (κ2) is 5.98. The van der Waals surface area contributed by atoms with Crippen LogP contribution in [0.4, 0.5) is 0 Å². The lowest BCUT2D eigenvalue weighted by Crippen LogP contribution is -2.47. The van der Waals surface area contributed by atoms with Gasteiger partial charge in [0.1, 0.15) is 0 Å². The van der Waals surface area contributed by atoms with Crippen LogP contribution in [0, 0.1) is 0 Å². The highest BCUT2D eigenvalue weighted by Gasteiger charge is 2.26. The number of likely N-dealkylation sites (tertiary alicyclic amines) is 1. The third-order valence-electron chi connectivity index (χ3n) is 3.55. The monoisotopic (exact) mass is 247 g/mol. The summed E-state index contributed by atoms with van der Waals surface area (Å²) in [6, 6.07) is 8.10. The number of primary amides is 1. The Morgan fingerprint density at radius 2 is 2.11 bits per heavy atom. The number of rotatable bonds is 4. The fraction of sp³-hybridized carbons (Fsp3) is 0.500. The van der Waals surface area contributed by atoms with Crippen molar-refractivity contribution in [2.45, 2.75) is 38.4 Å². The summed E-state index contributed by atoms with van der Waals surface area (Å²) >= 11 is 0. The molecule has 1 aromatic carbocycles. The number of nitrogens with zero attached hydrogens (tertiary/aromatic N) is 1. The second-order valence-corrected chi connectivity index (χ2v) is 4.91. The molecule has 1 fully saturated rings. The van der Waals surface area contributed by atoms with Crippen molar-refractivity contribution in [2.75, 3.05) is 6.54 Å². The molecule has 4 nitrogen and oxygen atoms in total. The van der Waals surface area contributed by atoms with Crippen molar-refractivity contribution in [3.63, 3.8) is 0 Å². The molecule has 1 aliphatic rings. The molecular formula is C14H21N3O. The molecule has 0 saturated carbocycles. The molecule has 1 unspecified atom stereocenters. The van der Waals surface area contributed by atoms with Gasteiger partial charge in [0.25, 0.3) is 0 Å². The van der Waals surface area contributed by atoms with E-state index in [1.807, 2.05) is 12.1 Å². The van der Waals surface area contributed by atoms with Crippen molar-refractivity contribution in [2.24, 2.45) is 11.5 Å². The van der Waals surface area contributed by atoms with Crippen LogP contribution in [0.2, 0.25) is 0 Å². The van der Waals surface area contributed by atoms with Crippen LogP contribution in [0.5, 0.6) is 0 Å². The van der Waals surface area contributed by atoms with Gasteiger partial charge in [0, 0.05) is 13.1 Å². The van der Waals surface area contributed by atoms with Crippen LogP contribution < -0.4 is 11.5 Å². The lowest BCUT2D eigenvalue weighted by Gasteiger charge is -2.33. The lowest BCUT2D eigenvalue weighted by molar-refractivity contribution is -0.124. The molecule has 1 saturated heterocycles. The zero-order valence-electron chi connectivity index (χ0n) is 10.6. The molecule has 18 heavy (non-hydrogen) atoms. The smallest absolute Gasteiger partial charge is 0.234 e. The predicted octanol–water partition coefficient (Wildman–Crippen LogP) is 0.985. The first-order chi connectivity index (χ1) is 8.70. The maximum Gasteiger partial charge on any atom is 0.234 e. The number of hydrogen-bond acceptors (Lipinski definition) is 3. The molecule has 0 aromatic heterocycles. The van der Waals surface area contributed by atoms with Crippen molar-refractivity contribution in [1.29, 1.82) is 0 Å². The Kier molecular flexibility index (Phi) is 4.33. The average Bonchev–Trinajstić information content (AvgIpc) is 2.39. The molecule has 98 valence electrons. The summed E-state index contributed by atoms with van der Waals surface area (Å²) in [6.07, 6.45) is 3.11. The maximum absolute atomic E-state index is 11.4. The van der Waals surface area contributed by atoms with Gasteiger partial charge in [0.05, 0.1) is 6.04 Å². The summed E-state index contributed by atoms with van der Waals surface area (Å²) in [7, 11) is 0. The van der Waals surface area contributed by atoms with Gasteiger partial charge in [-0.05, 0) is 30.5 Å². The average molecular weight is 247 g/mol.